The van der Waals surface area contributed by atoms with Crippen LogP contribution in [-0.4, -0.2) is 61.8 Å². The smallest absolute Gasteiger partial charge is 0.338 e. The van der Waals surface area contributed by atoms with Gasteiger partial charge in [-0.05, 0) is 50.8 Å². The molecule has 2 saturated heterocycles. The Kier molecular flexibility index (Phi) is 6.16. The van der Waals surface area contributed by atoms with Gasteiger partial charge in [0.25, 0.3) is 0 Å². The summed E-state index contributed by atoms with van der Waals surface area (Å²) in [4.78, 5) is 26.6. The highest BCUT2D eigenvalue weighted by Crippen LogP contribution is 2.28. The summed E-state index contributed by atoms with van der Waals surface area (Å²) in [7, 11) is -3.88. The van der Waals surface area contributed by atoms with Crippen molar-refractivity contribution >= 4 is 21.9 Å². The zero-order valence-corrected chi connectivity index (χ0v) is 16.4. The van der Waals surface area contributed by atoms with Crippen LogP contribution >= 0.6 is 0 Å². The van der Waals surface area contributed by atoms with Gasteiger partial charge in [0.2, 0.25) is 15.9 Å². The Morgan fingerprint density at radius 3 is 2.52 bits per heavy atom. The van der Waals surface area contributed by atoms with E-state index in [2.05, 4.69) is 0 Å². The number of rotatable bonds is 5. The lowest BCUT2D eigenvalue weighted by Gasteiger charge is -2.35. The number of hydrogen-bond acceptors (Lipinski definition) is 5. The lowest BCUT2D eigenvalue weighted by atomic mass is 10.0. The molecule has 2 aliphatic rings. The van der Waals surface area contributed by atoms with Gasteiger partial charge in [0.15, 0.2) is 0 Å². The van der Waals surface area contributed by atoms with Gasteiger partial charge in [-0.15, -0.1) is 0 Å². The second kappa shape index (κ2) is 8.39. The predicted octanol–water partition coefficient (Wildman–Crippen LogP) is 2.03. The molecular weight excluding hydrogens is 368 g/mol. The molecule has 1 aromatic carbocycles. The summed E-state index contributed by atoms with van der Waals surface area (Å²) in [5, 5.41) is 0. The van der Waals surface area contributed by atoms with Crippen molar-refractivity contribution in [1.29, 1.82) is 0 Å². The summed E-state index contributed by atoms with van der Waals surface area (Å²) in [6.45, 7) is 3.62. The van der Waals surface area contributed by atoms with Gasteiger partial charge in [0.1, 0.15) is 6.04 Å². The molecule has 148 valence electrons. The average Bonchev–Trinajstić information content (AvgIpc) is 3.22. The van der Waals surface area contributed by atoms with Gasteiger partial charge in [-0.25, -0.2) is 13.2 Å². The summed E-state index contributed by atoms with van der Waals surface area (Å²) in [5.74, 6) is -0.657. The summed E-state index contributed by atoms with van der Waals surface area (Å²) in [5.41, 5.74) is 0.192. The maximum Gasteiger partial charge on any atom is 0.338 e. The Bertz CT molecular complexity index is 802. The van der Waals surface area contributed by atoms with Crippen LogP contribution in [0.1, 0.15) is 49.4 Å². The first-order valence-corrected chi connectivity index (χ1v) is 11.0. The summed E-state index contributed by atoms with van der Waals surface area (Å²) >= 11 is 0. The third kappa shape index (κ3) is 4.16. The molecule has 27 heavy (non-hydrogen) atoms. The number of hydrogen-bond donors (Lipinski definition) is 0. The van der Waals surface area contributed by atoms with Gasteiger partial charge in [-0.3, -0.25) is 4.79 Å². The quantitative estimate of drug-likeness (QED) is 0.714. The first kappa shape index (κ1) is 19.8. The number of sulfonamides is 1. The molecule has 0 bridgehead atoms. The minimum atomic E-state index is -3.88. The van der Waals surface area contributed by atoms with Crippen molar-refractivity contribution in [1.82, 2.24) is 9.21 Å². The molecule has 8 heteroatoms. The molecular formula is C19H26N2O5S. The first-order chi connectivity index (χ1) is 12.9. The first-order valence-electron chi connectivity index (χ1n) is 9.53. The van der Waals surface area contributed by atoms with Crippen LogP contribution in [0.4, 0.5) is 0 Å². The highest BCUT2D eigenvalue weighted by molar-refractivity contribution is 7.89. The van der Waals surface area contributed by atoms with Crippen molar-refractivity contribution in [2.24, 2.45) is 0 Å². The van der Waals surface area contributed by atoms with E-state index in [-0.39, 0.29) is 23.0 Å². The van der Waals surface area contributed by atoms with E-state index >= 15 is 0 Å². The van der Waals surface area contributed by atoms with Crippen LogP contribution in [0.3, 0.4) is 0 Å². The zero-order valence-electron chi connectivity index (χ0n) is 15.6. The van der Waals surface area contributed by atoms with Crippen LogP contribution in [0.15, 0.2) is 29.2 Å². The normalized spacial score (nSPS) is 21.2. The van der Waals surface area contributed by atoms with Crippen molar-refractivity contribution in [3.05, 3.63) is 29.8 Å². The fourth-order valence-corrected chi connectivity index (χ4v) is 5.42. The van der Waals surface area contributed by atoms with Gasteiger partial charge in [-0.1, -0.05) is 12.5 Å². The molecule has 0 saturated carbocycles. The molecule has 7 nitrogen and oxygen atoms in total. The maximum atomic E-state index is 13.3. The molecule has 2 fully saturated rings. The molecule has 0 spiro atoms. The van der Waals surface area contributed by atoms with E-state index in [0.29, 0.717) is 26.1 Å². The number of amides is 1. The maximum absolute atomic E-state index is 13.3. The van der Waals surface area contributed by atoms with Gasteiger partial charge >= 0.3 is 5.97 Å². The Hall–Kier alpha value is -1.93. The number of benzene rings is 1. The van der Waals surface area contributed by atoms with Crippen molar-refractivity contribution in [3.63, 3.8) is 0 Å². The van der Waals surface area contributed by atoms with Gasteiger partial charge in [0, 0.05) is 19.6 Å². The van der Waals surface area contributed by atoms with Crippen LogP contribution < -0.4 is 0 Å². The molecule has 1 atom stereocenters. The van der Waals surface area contributed by atoms with E-state index in [1.54, 1.807) is 11.8 Å². The SMILES string of the molecule is CCOC(=O)c1cccc(S(=O)(=O)N2CCCCC2C(=O)N2CCCC2)c1. The third-order valence-electron chi connectivity index (χ3n) is 5.11. The van der Waals surface area contributed by atoms with Crippen LogP contribution in [0, 0.1) is 0 Å². The zero-order chi connectivity index (χ0) is 19.4. The van der Waals surface area contributed by atoms with Gasteiger partial charge < -0.3 is 9.64 Å². The lowest BCUT2D eigenvalue weighted by molar-refractivity contribution is -0.135. The minimum absolute atomic E-state index is 0.0224. The van der Waals surface area contributed by atoms with E-state index in [1.165, 1.54) is 28.6 Å². The molecule has 1 aromatic rings. The predicted molar refractivity (Wildman–Crippen MR) is 99.7 cm³/mol. The average molecular weight is 394 g/mol. The van der Waals surface area contributed by atoms with Gasteiger partial charge in [-0.2, -0.15) is 4.31 Å². The number of nitrogens with zero attached hydrogens (tertiary/aromatic N) is 2. The summed E-state index contributed by atoms with van der Waals surface area (Å²) < 4.78 is 32.8. The second-order valence-electron chi connectivity index (χ2n) is 6.91. The number of likely N-dealkylation sites (tertiary alicyclic amines) is 1. The van der Waals surface area contributed by atoms with E-state index in [0.717, 1.165) is 25.7 Å². The van der Waals surface area contributed by atoms with E-state index in [4.69, 9.17) is 4.74 Å². The monoisotopic (exact) mass is 394 g/mol. The number of esters is 1. The second-order valence-corrected chi connectivity index (χ2v) is 8.80. The van der Waals surface area contributed by atoms with E-state index < -0.39 is 22.0 Å². The molecule has 0 aliphatic carbocycles. The fourth-order valence-electron chi connectivity index (χ4n) is 3.72. The molecule has 3 rings (SSSR count). The topological polar surface area (TPSA) is 84.0 Å². The molecule has 2 heterocycles. The van der Waals surface area contributed by atoms with Crippen molar-refractivity contribution in [2.75, 3.05) is 26.2 Å². The Balaban J connectivity index is 1.88. The third-order valence-corrected chi connectivity index (χ3v) is 7.01. The molecule has 0 radical (unpaired) electrons. The Morgan fingerprint density at radius 2 is 1.81 bits per heavy atom. The number of carbonyl (C=O) groups excluding carboxylic acids is 2. The van der Waals surface area contributed by atoms with Crippen molar-refractivity contribution in [2.45, 2.75) is 50.0 Å². The summed E-state index contributed by atoms with van der Waals surface area (Å²) in [6.07, 6.45) is 4.02. The highest BCUT2D eigenvalue weighted by Gasteiger charge is 2.40. The number of ether oxygens (including phenoxy) is 1. The molecule has 0 N–H and O–H groups in total. The van der Waals surface area contributed by atoms with Gasteiger partial charge in [0.05, 0.1) is 17.1 Å². The largest absolute Gasteiger partial charge is 0.462 e. The lowest BCUT2D eigenvalue weighted by Crippen LogP contribution is -2.52. The Labute approximate surface area is 160 Å². The van der Waals surface area contributed by atoms with Crippen LogP contribution in [0.2, 0.25) is 0 Å². The summed E-state index contributed by atoms with van der Waals surface area (Å²) in [6, 6.07) is 5.19. The molecule has 2 aliphatic heterocycles. The van der Waals surface area contributed by atoms with Crippen LogP contribution in [0.25, 0.3) is 0 Å². The number of piperidine rings is 1. The number of carbonyl (C=O) groups is 2. The fraction of sp³-hybridized carbons (Fsp3) is 0.579. The Morgan fingerprint density at radius 1 is 1.11 bits per heavy atom. The molecule has 1 unspecified atom stereocenters. The van der Waals surface area contributed by atoms with Crippen molar-refractivity contribution < 1.29 is 22.7 Å². The molecule has 0 aromatic heterocycles. The van der Waals surface area contributed by atoms with Crippen molar-refractivity contribution in [3.8, 4) is 0 Å². The molecule has 1 amide bonds. The van der Waals surface area contributed by atoms with Crippen LogP contribution in [-0.2, 0) is 19.6 Å². The standard InChI is InChI=1S/C19H26N2O5S/c1-2-26-19(23)15-8-7-9-16(14-15)27(24,25)21-13-4-3-10-17(21)18(22)20-11-5-6-12-20/h7-9,14,17H,2-6,10-13H2,1H3. The van der Waals surface area contributed by atoms with E-state index in [9.17, 15) is 18.0 Å². The van der Waals surface area contributed by atoms with E-state index in [1.807, 2.05) is 0 Å². The van der Waals surface area contributed by atoms with Crippen LogP contribution in [0.5, 0.6) is 0 Å². The minimum Gasteiger partial charge on any atom is -0.462 e. The highest BCUT2D eigenvalue weighted by atomic mass is 32.2.